The molecule has 5 rings (SSSR count). The van der Waals surface area contributed by atoms with Crippen LogP contribution in [-0.2, 0) is 21.6 Å². The van der Waals surface area contributed by atoms with E-state index in [0.29, 0.717) is 35.3 Å². The van der Waals surface area contributed by atoms with Crippen molar-refractivity contribution in [3.05, 3.63) is 23.8 Å². The zero-order valence-electron chi connectivity index (χ0n) is 24.0. The molecule has 0 bridgehead atoms. The zero-order valence-corrected chi connectivity index (χ0v) is 25.0. The number of halogens is 3. The van der Waals surface area contributed by atoms with Crippen molar-refractivity contribution in [2.24, 2.45) is 0 Å². The van der Waals surface area contributed by atoms with E-state index in [2.05, 4.69) is 43.2 Å². The highest BCUT2D eigenvalue weighted by molar-refractivity contribution is 6.77. The monoisotopic (exact) mass is 591 g/mol. The van der Waals surface area contributed by atoms with Gasteiger partial charge in [0.2, 0.25) is 11.9 Å². The maximum Gasteiger partial charge on any atom is 0.408 e. The number of nitrogens with zero attached hydrogens (tertiary/aromatic N) is 7. The summed E-state index contributed by atoms with van der Waals surface area (Å²) < 4.78 is 45.6. The molecule has 1 amide bonds. The Balaban J connectivity index is 1.40. The third-order valence-electron chi connectivity index (χ3n) is 8.26. The van der Waals surface area contributed by atoms with E-state index in [-0.39, 0.29) is 31.3 Å². The minimum Gasteiger partial charge on any atom is -0.457 e. The Morgan fingerprint density at radius 1 is 1.17 bits per heavy atom. The van der Waals surface area contributed by atoms with Crippen LogP contribution in [0.5, 0.6) is 0 Å². The number of anilines is 4. The molecule has 3 aliphatic rings. The first-order valence-corrected chi connectivity index (χ1v) is 17.2. The lowest BCUT2D eigenvalue weighted by Crippen LogP contribution is -2.45. The highest BCUT2D eigenvalue weighted by Gasteiger charge is 2.49. The number of nitrogens with one attached hydrogen (secondary N) is 2. The smallest absolute Gasteiger partial charge is 0.408 e. The molecular formula is C26H36F3N9O2Si. The third kappa shape index (κ3) is 5.43. The van der Waals surface area contributed by atoms with Gasteiger partial charge in [-0.1, -0.05) is 13.1 Å². The number of amides is 1. The van der Waals surface area contributed by atoms with E-state index in [9.17, 15) is 18.0 Å². The number of rotatable bonds is 5. The molecular weight excluding hydrogens is 555 g/mol. The maximum absolute atomic E-state index is 13.7. The second kappa shape index (κ2) is 10.4. The Kier molecular flexibility index (Phi) is 7.36. The summed E-state index contributed by atoms with van der Waals surface area (Å²) in [5.41, 5.74) is 0.0485. The molecule has 0 saturated carbocycles. The first-order chi connectivity index (χ1) is 19.2. The second-order valence-corrected chi connectivity index (χ2v) is 17.4. The largest absolute Gasteiger partial charge is 0.457 e. The van der Waals surface area contributed by atoms with E-state index < -0.39 is 31.7 Å². The lowest BCUT2D eigenvalue weighted by molar-refractivity contribution is -0.169. The number of aromatic nitrogens is 4. The topological polar surface area (TPSA) is 123 Å². The van der Waals surface area contributed by atoms with Crippen LogP contribution in [0.15, 0.2) is 12.4 Å². The molecule has 5 heterocycles. The van der Waals surface area contributed by atoms with Crippen molar-refractivity contribution in [1.29, 1.82) is 5.41 Å². The highest BCUT2D eigenvalue weighted by Crippen LogP contribution is 2.47. The maximum atomic E-state index is 13.7. The molecule has 222 valence electrons. The summed E-state index contributed by atoms with van der Waals surface area (Å²) in [6.45, 7) is 9.91. The molecule has 2 aromatic rings. The molecule has 3 aliphatic heterocycles. The first kappa shape index (κ1) is 29.0. The van der Waals surface area contributed by atoms with E-state index in [1.807, 2.05) is 0 Å². The normalized spacial score (nSPS) is 21.7. The molecule has 2 N–H and O–H groups in total. The van der Waals surface area contributed by atoms with Crippen LogP contribution in [0.25, 0.3) is 0 Å². The fourth-order valence-corrected chi connectivity index (χ4v) is 7.67. The summed E-state index contributed by atoms with van der Waals surface area (Å²) >= 11 is 0. The average molecular weight is 592 g/mol. The first-order valence-electron chi connectivity index (χ1n) is 13.8. The number of alkyl halides is 3. The second-order valence-electron chi connectivity index (χ2n) is 12.1. The number of hydrogen-bond donors (Lipinski definition) is 2. The molecule has 0 radical (unpaired) electrons. The Morgan fingerprint density at radius 3 is 2.44 bits per heavy atom. The summed E-state index contributed by atoms with van der Waals surface area (Å²) in [5.74, 6) is 1.22. The summed E-state index contributed by atoms with van der Waals surface area (Å²) in [6.07, 6.45) is -0.995. The Hall–Kier alpha value is -3.49. The SMILES string of the molecule is CNc1nc(COC(=N)N2CCC[C@@H]2C(F)(F)F)nc2c1C(C)(C)C(=O)N2c1cnc(N2CC[Si](C)(C)CC2)nc1. The summed E-state index contributed by atoms with van der Waals surface area (Å²) in [4.78, 5) is 36.4. The highest BCUT2D eigenvalue weighted by atomic mass is 28.3. The molecule has 0 aliphatic carbocycles. The molecule has 2 fully saturated rings. The van der Waals surface area contributed by atoms with Crippen molar-refractivity contribution in [3.63, 3.8) is 0 Å². The zero-order chi connectivity index (χ0) is 29.7. The van der Waals surface area contributed by atoms with Crippen molar-refractivity contribution in [2.45, 2.75) is 76.1 Å². The number of fused-ring (bicyclic) bond motifs is 1. The lowest BCUT2D eigenvalue weighted by Gasteiger charge is -2.35. The van der Waals surface area contributed by atoms with Crippen LogP contribution in [0.2, 0.25) is 25.2 Å². The van der Waals surface area contributed by atoms with Gasteiger partial charge in [0.25, 0.3) is 6.02 Å². The number of ether oxygens (including phenoxy) is 1. The molecule has 0 spiro atoms. The van der Waals surface area contributed by atoms with Gasteiger partial charge in [-0.2, -0.15) is 13.2 Å². The van der Waals surface area contributed by atoms with Crippen LogP contribution < -0.4 is 15.1 Å². The van der Waals surface area contributed by atoms with Crippen LogP contribution in [0.3, 0.4) is 0 Å². The third-order valence-corrected chi connectivity index (χ3v) is 11.4. The molecule has 0 unspecified atom stereocenters. The predicted octanol–water partition coefficient (Wildman–Crippen LogP) is 4.27. The van der Waals surface area contributed by atoms with Gasteiger partial charge in [0.05, 0.1) is 37.1 Å². The molecule has 0 aromatic carbocycles. The number of likely N-dealkylation sites (tertiary alicyclic amines) is 1. The van der Waals surface area contributed by atoms with Crippen molar-refractivity contribution >= 4 is 43.3 Å². The van der Waals surface area contributed by atoms with Crippen LogP contribution in [0.1, 0.15) is 38.1 Å². The summed E-state index contributed by atoms with van der Waals surface area (Å²) in [7, 11) is 0.507. The standard InChI is InChI=1S/C26H36F3N9O2Si/c1-25(2)19-20(31-3)34-18(15-40-23(30)37-8-6-7-17(37)26(27,28)29)35-21(19)38(22(25)39)16-13-32-24(33-14-16)36-9-11-41(4,5)12-10-36/h13-14,17,30H,6-12,15H2,1-5H3,(H,31,34,35)/t17-/m1/s1. The number of carbonyl (C=O) groups is 1. The number of hydrogen-bond acceptors (Lipinski definition) is 9. The van der Waals surface area contributed by atoms with Gasteiger partial charge < -0.3 is 19.9 Å². The van der Waals surface area contributed by atoms with E-state index in [1.165, 1.54) is 17.0 Å². The van der Waals surface area contributed by atoms with Crippen molar-refractivity contribution in [3.8, 4) is 0 Å². The Bertz CT molecular complexity index is 1330. The summed E-state index contributed by atoms with van der Waals surface area (Å²) in [5, 5.41) is 11.2. The van der Waals surface area contributed by atoms with E-state index in [1.54, 1.807) is 33.3 Å². The number of carbonyl (C=O) groups excluding carboxylic acids is 1. The quantitative estimate of drug-likeness (QED) is 0.298. The fraction of sp³-hybridized carbons (Fsp3) is 0.615. The lowest BCUT2D eigenvalue weighted by atomic mass is 9.87. The Morgan fingerprint density at radius 2 is 1.83 bits per heavy atom. The Labute approximate surface area is 238 Å². The van der Waals surface area contributed by atoms with Crippen molar-refractivity contribution in [2.75, 3.05) is 41.8 Å². The van der Waals surface area contributed by atoms with Gasteiger partial charge in [-0.3, -0.25) is 15.1 Å². The molecule has 15 heteroatoms. The van der Waals surface area contributed by atoms with E-state index >= 15 is 0 Å². The van der Waals surface area contributed by atoms with Gasteiger partial charge >= 0.3 is 6.18 Å². The van der Waals surface area contributed by atoms with Gasteiger partial charge in [-0.15, -0.1) is 0 Å². The van der Waals surface area contributed by atoms with E-state index in [4.69, 9.17) is 10.1 Å². The van der Waals surface area contributed by atoms with Gasteiger partial charge in [-0.25, -0.2) is 19.9 Å². The molecule has 11 nitrogen and oxygen atoms in total. The molecule has 2 aromatic heterocycles. The van der Waals surface area contributed by atoms with Crippen molar-refractivity contribution < 1.29 is 22.7 Å². The van der Waals surface area contributed by atoms with Crippen LogP contribution >= 0.6 is 0 Å². The predicted molar refractivity (Wildman–Crippen MR) is 151 cm³/mol. The van der Waals surface area contributed by atoms with Crippen molar-refractivity contribution in [1.82, 2.24) is 24.8 Å². The van der Waals surface area contributed by atoms with Gasteiger partial charge in [0.1, 0.15) is 17.7 Å². The van der Waals surface area contributed by atoms with Crippen LogP contribution in [-0.4, -0.2) is 83.7 Å². The van der Waals surface area contributed by atoms with Gasteiger partial charge in [0.15, 0.2) is 12.4 Å². The van der Waals surface area contributed by atoms with Crippen LogP contribution in [0, 0.1) is 5.41 Å². The van der Waals surface area contributed by atoms with E-state index in [0.717, 1.165) is 18.0 Å². The molecule has 2 saturated heterocycles. The molecule has 41 heavy (non-hydrogen) atoms. The minimum atomic E-state index is -4.45. The fourth-order valence-electron chi connectivity index (χ4n) is 5.67. The molecule has 1 atom stereocenters. The number of amidine groups is 1. The average Bonchev–Trinajstić information content (AvgIpc) is 3.49. The van der Waals surface area contributed by atoms with Gasteiger partial charge in [0, 0.05) is 26.7 Å². The summed E-state index contributed by atoms with van der Waals surface area (Å²) in [6, 6.07) is 0.00992. The van der Waals surface area contributed by atoms with Gasteiger partial charge in [-0.05, 0) is 38.8 Å². The van der Waals surface area contributed by atoms with Crippen LogP contribution in [0.4, 0.5) is 36.4 Å². The minimum absolute atomic E-state index is 0.0828.